The molecule has 4 nitrogen and oxygen atoms in total. The number of Topliss-reactive ketones (excluding diaryl/α,β-unsaturated/α-hetero) is 1. The van der Waals surface area contributed by atoms with Crippen LogP contribution in [-0.2, 0) is 24.1 Å². The van der Waals surface area contributed by atoms with Gasteiger partial charge in [0.15, 0.2) is 0 Å². The van der Waals surface area contributed by atoms with E-state index < -0.39 is 0 Å². The summed E-state index contributed by atoms with van der Waals surface area (Å²) in [6, 6.07) is 7.56. The number of carbonyl (C=O) groups is 1. The van der Waals surface area contributed by atoms with Crippen LogP contribution < -0.4 is 4.74 Å². The van der Waals surface area contributed by atoms with E-state index in [1.807, 2.05) is 24.4 Å². The Morgan fingerprint density at radius 2 is 1.80 bits per heavy atom. The number of carbonyl (C=O) groups excluding carboxylic acids is 1. The molecule has 0 aliphatic carbocycles. The lowest BCUT2D eigenvalue weighted by Crippen LogP contribution is -2.08. The van der Waals surface area contributed by atoms with E-state index in [2.05, 4.69) is 16.9 Å². The molecular weight excluding hydrogens is 252 g/mol. The van der Waals surface area contributed by atoms with Gasteiger partial charge in [0, 0.05) is 37.0 Å². The number of methoxy groups -OCH3 is 1. The number of hydrogen-bond acceptors (Lipinski definition) is 4. The third-order valence-electron chi connectivity index (χ3n) is 3.08. The Morgan fingerprint density at radius 3 is 2.35 bits per heavy atom. The minimum absolute atomic E-state index is 0.133. The number of hydrogen-bond donors (Lipinski definition) is 0. The van der Waals surface area contributed by atoms with Crippen LogP contribution in [0.4, 0.5) is 0 Å². The van der Waals surface area contributed by atoms with Gasteiger partial charge in [-0.1, -0.05) is 19.1 Å². The maximum atomic E-state index is 12.0. The summed E-state index contributed by atoms with van der Waals surface area (Å²) >= 11 is 0. The molecule has 2 rings (SSSR count). The second-order valence-electron chi connectivity index (χ2n) is 4.61. The standard InChI is InChI=1S/C16H18N2O2/c1-3-12-4-6-14(17-10-12)9-15(19)8-13-5-7-16(20-2)18-11-13/h4-7,10-11H,3,8-9H2,1-2H3. The van der Waals surface area contributed by atoms with Crippen molar-refractivity contribution < 1.29 is 9.53 Å². The molecule has 0 atom stereocenters. The highest BCUT2D eigenvalue weighted by Crippen LogP contribution is 2.09. The van der Waals surface area contributed by atoms with E-state index in [9.17, 15) is 4.79 Å². The maximum absolute atomic E-state index is 12.0. The van der Waals surface area contributed by atoms with E-state index in [0.29, 0.717) is 18.7 Å². The highest BCUT2D eigenvalue weighted by molar-refractivity contribution is 5.82. The lowest BCUT2D eigenvalue weighted by Gasteiger charge is -2.03. The van der Waals surface area contributed by atoms with Gasteiger partial charge in [-0.2, -0.15) is 0 Å². The van der Waals surface area contributed by atoms with Gasteiger partial charge in [-0.3, -0.25) is 9.78 Å². The number of pyridine rings is 2. The zero-order chi connectivity index (χ0) is 14.4. The van der Waals surface area contributed by atoms with Crippen molar-refractivity contribution >= 4 is 5.78 Å². The molecule has 0 aliphatic heterocycles. The van der Waals surface area contributed by atoms with E-state index in [-0.39, 0.29) is 5.78 Å². The first-order valence-electron chi connectivity index (χ1n) is 6.65. The van der Waals surface area contributed by atoms with Gasteiger partial charge < -0.3 is 4.74 Å². The molecule has 0 fully saturated rings. The van der Waals surface area contributed by atoms with Crippen molar-refractivity contribution in [3.63, 3.8) is 0 Å². The van der Waals surface area contributed by atoms with Gasteiger partial charge in [0.25, 0.3) is 0 Å². The van der Waals surface area contributed by atoms with Crippen LogP contribution in [0.5, 0.6) is 5.88 Å². The van der Waals surface area contributed by atoms with Crippen LogP contribution in [0.15, 0.2) is 36.7 Å². The van der Waals surface area contributed by atoms with Gasteiger partial charge in [-0.25, -0.2) is 4.98 Å². The van der Waals surface area contributed by atoms with Crippen molar-refractivity contribution in [1.82, 2.24) is 9.97 Å². The van der Waals surface area contributed by atoms with Crippen LogP contribution >= 0.6 is 0 Å². The maximum Gasteiger partial charge on any atom is 0.212 e. The van der Waals surface area contributed by atoms with Gasteiger partial charge in [-0.05, 0) is 23.6 Å². The molecule has 0 N–H and O–H groups in total. The normalized spacial score (nSPS) is 10.3. The second-order valence-corrected chi connectivity index (χ2v) is 4.61. The first-order chi connectivity index (χ1) is 9.71. The minimum Gasteiger partial charge on any atom is -0.481 e. The van der Waals surface area contributed by atoms with E-state index in [4.69, 9.17) is 4.74 Å². The fourth-order valence-electron chi connectivity index (χ4n) is 1.90. The molecule has 2 aromatic rings. The van der Waals surface area contributed by atoms with Gasteiger partial charge >= 0.3 is 0 Å². The van der Waals surface area contributed by atoms with Crippen LogP contribution in [0, 0.1) is 0 Å². The van der Waals surface area contributed by atoms with Crippen LogP contribution in [0.1, 0.15) is 23.7 Å². The zero-order valence-electron chi connectivity index (χ0n) is 11.8. The lowest BCUT2D eigenvalue weighted by molar-refractivity contribution is -0.117. The third-order valence-corrected chi connectivity index (χ3v) is 3.08. The Morgan fingerprint density at radius 1 is 1.05 bits per heavy atom. The van der Waals surface area contributed by atoms with Crippen molar-refractivity contribution in [3.8, 4) is 5.88 Å². The molecule has 0 bridgehead atoms. The molecule has 4 heteroatoms. The Balaban J connectivity index is 1.93. The topological polar surface area (TPSA) is 52.1 Å². The number of ether oxygens (including phenoxy) is 1. The molecule has 0 unspecified atom stereocenters. The molecule has 20 heavy (non-hydrogen) atoms. The Bertz CT molecular complexity index is 511. The fourth-order valence-corrected chi connectivity index (χ4v) is 1.90. The summed E-state index contributed by atoms with van der Waals surface area (Å²) in [6.07, 6.45) is 5.19. The summed E-state index contributed by atoms with van der Waals surface area (Å²) in [5.74, 6) is 0.687. The molecular formula is C16H18N2O2. The van der Waals surface area contributed by atoms with E-state index in [1.54, 1.807) is 19.4 Å². The SMILES string of the molecule is CCc1ccc(CC(=O)Cc2ccc(OC)nc2)nc1. The van der Waals surface area contributed by atoms with Gasteiger partial charge in [0.1, 0.15) is 5.78 Å². The Kier molecular flexibility index (Phi) is 4.82. The first kappa shape index (κ1) is 14.2. The smallest absolute Gasteiger partial charge is 0.212 e. The number of ketones is 1. The highest BCUT2D eigenvalue weighted by Gasteiger charge is 2.07. The summed E-state index contributed by atoms with van der Waals surface area (Å²) in [5, 5.41) is 0. The summed E-state index contributed by atoms with van der Waals surface area (Å²) in [6.45, 7) is 2.08. The number of aromatic nitrogens is 2. The Hall–Kier alpha value is -2.23. The molecule has 0 radical (unpaired) electrons. The predicted molar refractivity (Wildman–Crippen MR) is 76.8 cm³/mol. The van der Waals surface area contributed by atoms with E-state index in [0.717, 1.165) is 17.7 Å². The van der Waals surface area contributed by atoms with Gasteiger partial charge in [-0.15, -0.1) is 0 Å². The highest BCUT2D eigenvalue weighted by atomic mass is 16.5. The van der Waals surface area contributed by atoms with Crippen molar-refractivity contribution in [2.24, 2.45) is 0 Å². The monoisotopic (exact) mass is 270 g/mol. The summed E-state index contributed by atoms with van der Waals surface area (Å²) in [7, 11) is 1.57. The van der Waals surface area contributed by atoms with Crippen LogP contribution in [0.2, 0.25) is 0 Å². The molecule has 104 valence electrons. The summed E-state index contributed by atoms with van der Waals surface area (Å²) in [4.78, 5) is 20.4. The van der Waals surface area contributed by atoms with Crippen LogP contribution in [0.3, 0.4) is 0 Å². The quantitative estimate of drug-likeness (QED) is 0.808. The fraction of sp³-hybridized carbons (Fsp3) is 0.312. The number of aryl methyl sites for hydroxylation is 1. The van der Waals surface area contributed by atoms with Crippen LogP contribution in [0.25, 0.3) is 0 Å². The largest absolute Gasteiger partial charge is 0.481 e. The predicted octanol–water partition coefficient (Wildman–Crippen LogP) is 2.40. The minimum atomic E-state index is 0.133. The Labute approximate surface area is 118 Å². The average molecular weight is 270 g/mol. The molecule has 0 aromatic carbocycles. The zero-order valence-corrected chi connectivity index (χ0v) is 11.8. The van der Waals surface area contributed by atoms with E-state index in [1.165, 1.54) is 5.56 Å². The molecule has 0 saturated heterocycles. The van der Waals surface area contributed by atoms with Crippen molar-refractivity contribution in [2.45, 2.75) is 26.2 Å². The summed E-state index contributed by atoms with van der Waals surface area (Å²) in [5.41, 5.74) is 2.88. The third kappa shape index (κ3) is 3.88. The lowest BCUT2D eigenvalue weighted by atomic mass is 10.1. The van der Waals surface area contributed by atoms with E-state index >= 15 is 0 Å². The van der Waals surface area contributed by atoms with Gasteiger partial charge in [0.2, 0.25) is 5.88 Å². The second kappa shape index (κ2) is 6.80. The van der Waals surface area contributed by atoms with Crippen LogP contribution in [-0.4, -0.2) is 22.9 Å². The first-order valence-corrected chi connectivity index (χ1v) is 6.65. The number of rotatable bonds is 6. The molecule has 2 aromatic heterocycles. The molecule has 2 heterocycles. The van der Waals surface area contributed by atoms with Crippen molar-refractivity contribution in [1.29, 1.82) is 0 Å². The number of nitrogens with zero attached hydrogens (tertiary/aromatic N) is 2. The molecule has 0 spiro atoms. The molecule has 0 saturated carbocycles. The summed E-state index contributed by atoms with van der Waals surface area (Å²) < 4.78 is 4.99. The van der Waals surface area contributed by atoms with Crippen molar-refractivity contribution in [2.75, 3.05) is 7.11 Å². The van der Waals surface area contributed by atoms with Gasteiger partial charge in [0.05, 0.1) is 7.11 Å². The van der Waals surface area contributed by atoms with Crippen molar-refractivity contribution in [3.05, 3.63) is 53.5 Å². The molecule has 0 aliphatic rings. The molecule has 0 amide bonds. The average Bonchev–Trinajstić information content (AvgIpc) is 2.49.